The van der Waals surface area contributed by atoms with Crippen LogP contribution >= 0.6 is 0 Å². The van der Waals surface area contributed by atoms with Crippen molar-refractivity contribution in [2.75, 3.05) is 7.11 Å². The predicted octanol–water partition coefficient (Wildman–Crippen LogP) is 2.67. The van der Waals surface area contributed by atoms with Crippen LogP contribution in [0.1, 0.15) is 31.9 Å². The third-order valence-electron chi connectivity index (χ3n) is 3.48. The molecule has 0 aliphatic heterocycles. The summed E-state index contributed by atoms with van der Waals surface area (Å²) in [4.78, 5) is 11.8. The molecule has 4 heteroatoms. The zero-order chi connectivity index (χ0) is 13.3. The van der Waals surface area contributed by atoms with Gasteiger partial charge in [0, 0.05) is 5.92 Å². The number of amides is 1. The van der Waals surface area contributed by atoms with Crippen molar-refractivity contribution in [3.8, 4) is 5.75 Å². The molecule has 0 bridgehead atoms. The minimum Gasteiger partial charge on any atom is -0.494 e. The van der Waals surface area contributed by atoms with Crippen LogP contribution in [0.15, 0.2) is 18.2 Å². The average molecular weight is 251 g/mol. The Bertz CT molecular complexity index is 461. The van der Waals surface area contributed by atoms with Crippen molar-refractivity contribution in [2.24, 2.45) is 11.8 Å². The molecule has 0 radical (unpaired) electrons. The highest BCUT2D eigenvalue weighted by Gasteiger charge is 2.39. The molecule has 3 atom stereocenters. The van der Waals surface area contributed by atoms with E-state index in [1.807, 2.05) is 6.92 Å². The van der Waals surface area contributed by atoms with Crippen LogP contribution in [0.25, 0.3) is 0 Å². The second kappa shape index (κ2) is 4.96. The van der Waals surface area contributed by atoms with E-state index < -0.39 is 5.82 Å². The molecule has 2 rings (SSSR count). The number of halogens is 1. The number of ether oxygens (including phenoxy) is 1. The SMILES string of the molecule is COc1ccc([C@H](C)NC(=O)[C@H]2C[C@@H]2C)cc1F. The number of rotatable bonds is 4. The van der Waals surface area contributed by atoms with Crippen molar-refractivity contribution >= 4 is 5.91 Å². The predicted molar refractivity (Wildman–Crippen MR) is 66.8 cm³/mol. The van der Waals surface area contributed by atoms with Crippen molar-refractivity contribution in [1.29, 1.82) is 0 Å². The Hall–Kier alpha value is -1.58. The average Bonchev–Trinajstić information content (AvgIpc) is 3.06. The lowest BCUT2D eigenvalue weighted by Gasteiger charge is -2.15. The highest BCUT2D eigenvalue weighted by Crippen LogP contribution is 2.38. The van der Waals surface area contributed by atoms with Gasteiger partial charge in [-0.25, -0.2) is 4.39 Å². The van der Waals surface area contributed by atoms with E-state index in [1.54, 1.807) is 12.1 Å². The molecule has 1 aliphatic carbocycles. The van der Waals surface area contributed by atoms with Gasteiger partial charge in [0.05, 0.1) is 13.2 Å². The maximum absolute atomic E-state index is 13.5. The van der Waals surface area contributed by atoms with Crippen molar-refractivity contribution < 1.29 is 13.9 Å². The van der Waals surface area contributed by atoms with Gasteiger partial charge in [0.2, 0.25) is 5.91 Å². The molecule has 1 N–H and O–H groups in total. The fourth-order valence-electron chi connectivity index (χ4n) is 2.04. The van der Waals surface area contributed by atoms with Crippen molar-refractivity contribution in [3.63, 3.8) is 0 Å². The summed E-state index contributed by atoms with van der Waals surface area (Å²) in [6, 6.07) is 4.56. The highest BCUT2D eigenvalue weighted by atomic mass is 19.1. The number of carbonyl (C=O) groups is 1. The maximum atomic E-state index is 13.5. The van der Waals surface area contributed by atoms with Crippen molar-refractivity contribution in [2.45, 2.75) is 26.3 Å². The smallest absolute Gasteiger partial charge is 0.223 e. The minimum absolute atomic E-state index is 0.0613. The zero-order valence-electron chi connectivity index (χ0n) is 10.9. The monoisotopic (exact) mass is 251 g/mol. The molecule has 0 saturated heterocycles. The summed E-state index contributed by atoms with van der Waals surface area (Å²) in [6.45, 7) is 3.91. The molecule has 18 heavy (non-hydrogen) atoms. The molecule has 0 aromatic heterocycles. The number of hydrogen-bond donors (Lipinski definition) is 1. The van der Waals surface area contributed by atoms with Gasteiger partial charge in [-0.05, 0) is 37.0 Å². The molecule has 3 nitrogen and oxygen atoms in total. The molecule has 1 amide bonds. The minimum atomic E-state index is -0.407. The Labute approximate surface area is 106 Å². The Kier molecular flexibility index (Phi) is 3.55. The van der Waals surface area contributed by atoms with Gasteiger partial charge in [0.25, 0.3) is 0 Å². The number of methoxy groups -OCH3 is 1. The third kappa shape index (κ3) is 2.63. The lowest BCUT2D eigenvalue weighted by molar-refractivity contribution is -0.123. The summed E-state index contributed by atoms with van der Waals surface area (Å²) < 4.78 is 18.4. The highest BCUT2D eigenvalue weighted by molar-refractivity contribution is 5.81. The van der Waals surface area contributed by atoms with Crippen LogP contribution in [0.3, 0.4) is 0 Å². The molecule has 1 saturated carbocycles. The molecule has 0 unspecified atom stereocenters. The number of carbonyl (C=O) groups excluding carboxylic acids is 1. The quantitative estimate of drug-likeness (QED) is 0.893. The van der Waals surface area contributed by atoms with E-state index >= 15 is 0 Å². The lowest BCUT2D eigenvalue weighted by Crippen LogP contribution is -2.28. The van der Waals surface area contributed by atoms with Crippen LogP contribution in [-0.2, 0) is 4.79 Å². The molecule has 1 aromatic carbocycles. The molecule has 0 spiro atoms. The van der Waals surface area contributed by atoms with E-state index in [-0.39, 0.29) is 23.6 Å². The van der Waals surface area contributed by atoms with Gasteiger partial charge < -0.3 is 10.1 Å². The molecular weight excluding hydrogens is 233 g/mol. The zero-order valence-corrected chi connectivity index (χ0v) is 10.9. The molecule has 1 fully saturated rings. The van der Waals surface area contributed by atoms with Crippen LogP contribution < -0.4 is 10.1 Å². The van der Waals surface area contributed by atoms with E-state index in [1.165, 1.54) is 13.2 Å². The van der Waals surface area contributed by atoms with Gasteiger partial charge >= 0.3 is 0 Å². The summed E-state index contributed by atoms with van der Waals surface area (Å²) in [6.07, 6.45) is 0.954. The van der Waals surface area contributed by atoms with Gasteiger partial charge in [0.1, 0.15) is 0 Å². The van der Waals surface area contributed by atoms with E-state index in [9.17, 15) is 9.18 Å². The molecular formula is C14H18FNO2. The molecule has 98 valence electrons. The maximum Gasteiger partial charge on any atom is 0.223 e. The Balaban J connectivity index is 2.02. The van der Waals surface area contributed by atoms with Gasteiger partial charge in [0.15, 0.2) is 11.6 Å². The number of benzene rings is 1. The van der Waals surface area contributed by atoms with Crippen LogP contribution in [0, 0.1) is 17.7 Å². The topological polar surface area (TPSA) is 38.3 Å². The van der Waals surface area contributed by atoms with Gasteiger partial charge in [-0.3, -0.25) is 4.79 Å². The fourth-order valence-corrected chi connectivity index (χ4v) is 2.04. The van der Waals surface area contributed by atoms with Crippen LogP contribution in [0.4, 0.5) is 4.39 Å². The number of hydrogen-bond acceptors (Lipinski definition) is 2. The van der Waals surface area contributed by atoms with Crippen LogP contribution in [0.2, 0.25) is 0 Å². The third-order valence-corrected chi connectivity index (χ3v) is 3.48. The first kappa shape index (κ1) is 12.9. The summed E-state index contributed by atoms with van der Waals surface area (Å²) in [5.74, 6) is 0.482. The first-order valence-corrected chi connectivity index (χ1v) is 6.16. The first-order chi connectivity index (χ1) is 8.52. The Morgan fingerprint density at radius 2 is 2.22 bits per heavy atom. The molecule has 1 aliphatic rings. The number of nitrogens with one attached hydrogen (secondary N) is 1. The fraction of sp³-hybridized carbons (Fsp3) is 0.500. The van der Waals surface area contributed by atoms with Gasteiger partial charge in [-0.1, -0.05) is 13.0 Å². The lowest BCUT2D eigenvalue weighted by atomic mass is 10.1. The van der Waals surface area contributed by atoms with E-state index in [2.05, 4.69) is 12.2 Å². The normalized spacial score (nSPS) is 23.3. The summed E-state index contributed by atoms with van der Waals surface area (Å²) in [5, 5.41) is 2.91. The Morgan fingerprint density at radius 1 is 1.56 bits per heavy atom. The van der Waals surface area contributed by atoms with Gasteiger partial charge in [-0.2, -0.15) is 0 Å². The second-order valence-electron chi connectivity index (χ2n) is 4.94. The van der Waals surface area contributed by atoms with Crippen LogP contribution in [-0.4, -0.2) is 13.0 Å². The summed E-state index contributed by atoms with van der Waals surface area (Å²) in [5.41, 5.74) is 0.745. The summed E-state index contributed by atoms with van der Waals surface area (Å²) in [7, 11) is 1.43. The van der Waals surface area contributed by atoms with Crippen LogP contribution in [0.5, 0.6) is 5.75 Å². The second-order valence-corrected chi connectivity index (χ2v) is 4.94. The first-order valence-electron chi connectivity index (χ1n) is 6.16. The van der Waals surface area contributed by atoms with Crippen molar-refractivity contribution in [3.05, 3.63) is 29.6 Å². The summed E-state index contributed by atoms with van der Waals surface area (Å²) >= 11 is 0. The van der Waals surface area contributed by atoms with E-state index in [0.717, 1.165) is 12.0 Å². The van der Waals surface area contributed by atoms with Gasteiger partial charge in [-0.15, -0.1) is 0 Å². The van der Waals surface area contributed by atoms with E-state index in [4.69, 9.17) is 4.74 Å². The van der Waals surface area contributed by atoms with Crippen molar-refractivity contribution in [1.82, 2.24) is 5.32 Å². The van der Waals surface area contributed by atoms with E-state index in [0.29, 0.717) is 5.92 Å². The largest absolute Gasteiger partial charge is 0.494 e. The Morgan fingerprint density at radius 3 is 2.72 bits per heavy atom. The molecule has 0 heterocycles. The standard InChI is InChI=1S/C14H18FNO2/c1-8-6-11(8)14(17)16-9(2)10-4-5-13(18-3)12(15)7-10/h4-5,7-9,11H,6H2,1-3H3,(H,16,17)/t8-,9-,11-/m0/s1. The molecule has 1 aromatic rings.